The van der Waals surface area contributed by atoms with Crippen molar-refractivity contribution in [2.75, 3.05) is 13.7 Å². The van der Waals surface area contributed by atoms with Gasteiger partial charge in [-0.15, -0.1) is 11.3 Å². The smallest absolute Gasteiger partial charge is 0.336 e. The van der Waals surface area contributed by atoms with Crippen molar-refractivity contribution in [1.29, 1.82) is 0 Å². The van der Waals surface area contributed by atoms with Crippen LogP contribution in [-0.4, -0.2) is 24.7 Å². The van der Waals surface area contributed by atoms with Gasteiger partial charge in [-0.2, -0.15) is 0 Å². The molecule has 0 spiro atoms. The van der Waals surface area contributed by atoms with Gasteiger partial charge in [-0.25, -0.2) is 4.79 Å². The van der Waals surface area contributed by atoms with Gasteiger partial charge in [-0.3, -0.25) is 0 Å². The summed E-state index contributed by atoms with van der Waals surface area (Å²) in [5.41, 5.74) is 1.58. The number of hydrogen-bond donors (Lipinski definition) is 2. The number of hydrogen-bond acceptors (Lipinski definition) is 4. The van der Waals surface area contributed by atoms with E-state index in [1.165, 1.54) is 16.9 Å². The van der Waals surface area contributed by atoms with Gasteiger partial charge in [0.25, 0.3) is 0 Å². The Bertz CT molecular complexity index is 580. The van der Waals surface area contributed by atoms with E-state index in [1.54, 1.807) is 18.6 Å². The molecule has 0 radical (unpaired) electrons. The molecule has 1 aromatic carbocycles. The summed E-state index contributed by atoms with van der Waals surface area (Å²) < 4.78 is 5.18. The van der Waals surface area contributed by atoms with E-state index in [1.807, 2.05) is 18.2 Å². The number of rotatable bonds is 7. The van der Waals surface area contributed by atoms with Crippen LogP contribution in [0.15, 0.2) is 35.7 Å². The Morgan fingerprint density at radius 1 is 1.40 bits per heavy atom. The largest absolute Gasteiger partial charge is 0.497 e. The van der Waals surface area contributed by atoms with E-state index < -0.39 is 5.97 Å². The predicted octanol–water partition coefficient (Wildman–Crippen LogP) is 2.79. The molecule has 0 aliphatic carbocycles. The van der Waals surface area contributed by atoms with Gasteiger partial charge in [0, 0.05) is 16.8 Å². The maximum absolute atomic E-state index is 10.8. The van der Waals surface area contributed by atoms with Gasteiger partial charge in [0.05, 0.1) is 12.7 Å². The fourth-order valence-corrected chi connectivity index (χ4v) is 2.69. The first-order valence-electron chi connectivity index (χ1n) is 6.33. The van der Waals surface area contributed by atoms with Crippen LogP contribution in [0.4, 0.5) is 0 Å². The molecule has 2 rings (SSSR count). The summed E-state index contributed by atoms with van der Waals surface area (Å²) in [7, 11) is 1.66. The lowest BCUT2D eigenvalue weighted by Gasteiger charge is -2.05. The van der Waals surface area contributed by atoms with Crippen molar-refractivity contribution < 1.29 is 14.6 Å². The van der Waals surface area contributed by atoms with Crippen LogP contribution in [-0.2, 0) is 13.0 Å². The third-order valence-corrected chi connectivity index (χ3v) is 3.86. The highest BCUT2D eigenvalue weighted by Gasteiger charge is 2.05. The second-order valence-corrected chi connectivity index (χ2v) is 5.38. The highest BCUT2D eigenvalue weighted by molar-refractivity contribution is 7.10. The lowest BCUT2D eigenvalue weighted by Crippen LogP contribution is -2.16. The highest BCUT2D eigenvalue weighted by atomic mass is 32.1. The van der Waals surface area contributed by atoms with Crippen molar-refractivity contribution in [2.45, 2.75) is 13.0 Å². The quantitative estimate of drug-likeness (QED) is 0.770. The van der Waals surface area contributed by atoms with Gasteiger partial charge in [0.2, 0.25) is 0 Å². The number of nitrogens with one attached hydrogen (secondary N) is 1. The van der Waals surface area contributed by atoms with E-state index in [2.05, 4.69) is 11.4 Å². The molecule has 0 saturated heterocycles. The molecule has 2 N–H and O–H groups in total. The molecular weight excluding hydrogens is 274 g/mol. The zero-order valence-corrected chi connectivity index (χ0v) is 12.1. The number of carbonyl (C=O) groups is 1. The fourth-order valence-electron chi connectivity index (χ4n) is 1.86. The minimum Gasteiger partial charge on any atom is -0.497 e. The van der Waals surface area contributed by atoms with Crippen molar-refractivity contribution in [3.8, 4) is 5.75 Å². The molecule has 0 bridgehead atoms. The normalized spacial score (nSPS) is 10.4. The maximum Gasteiger partial charge on any atom is 0.336 e. The second-order valence-electron chi connectivity index (χ2n) is 4.39. The SMILES string of the molecule is COc1cccc(CCNCc2cc(C(=O)O)cs2)c1. The minimum atomic E-state index is -0.871. The third-order valence-electron chi connectivity index (χ3n) is 2.92. The molecule has 0 amide bonds. The number of ether oxygens (including phenoxy) is 1. The number of carboxylic acids is 1. The molecule has 0 atom stereocenters. The summed E-state index contributed by atoms with van der Waals surface area (Å²) in [4.78, 5) is 11.8. The Morgan fingerprint density at radius 3 is 2.95 bits per heavy atom. The standard InChI is InChI=1S/C15H17NO3S/c1-19-13-4-2-3-11(7-13)5-6-16-9-14-8-12(10-20-14)15(17)18/h2-4,7-8,10,16H,5-6,9H2,1H3,(H,17,18). The van der Waals surface area contributed by atoms with Crippen LogP contribution in [0, 0.1) is 0 Å². The second kappa shape index (κ2) is 7.07. The van der Waals surface area contributed by atoms with Crippen LogP contribution in [0.25, 0.3) is 0 Å². The lowest BCUT2D eigenvalue weighted by atomic mass is 10.1. The van der Waals surface area contributed by atoms with Gasteiger partial charge >= 0.3 is 5.97 Å². The Hall–Kier alpha value is -1.85. The van der Waals surface area contributed by atoms with Gasteiger partial charge in [0.1, 0.15) is 5.75 Å². The molecule has 0 fully saturated rings. The first-order chi connectivity index (χ1) is 9.69. The number of aromatic carboxylic acids is 1. The average Bonchev–Trinajstić information content (AvgIpc) is 2.93. The average molecular weight is 291 g/mol. The van der Waals surface area contributed by atoms with Gasteiger partial charge in [-0.05, 0) is 36.7 Å². The summed E-state index contributed by atoms with van der Waals surface area (Å²) in [6.07, 6.45) is 0.911. The zero-order chi connectivity index (χ0) is 14.4. The summed E-state index contributed by atoms with van der Waals surface area (Å²) in [6.45, 7) is 1.54. The van der Waals surface area contributed by atoms with E-state index in [0.29, 0.717) is 12.1 Å². The number of carboxylic acid groups (broad SMARTS) is 1. The van der Waals surface area contributed by atoms with Gasteiger partial charge in [-0.1, -0.05) is 12.1 Å². The van der Waals surface area contributed by atoms with E-state index in [4.69, 9.17) is 9.84 Å². The molecule has 4 nitrogen and oxygen atoms in total. The van der Waals surface area contributed by atoms with Crippen molar-refractivity contribution in [3.05, 3.63) is 51.7 Å². The van der Waals surface area contributed by atoms with E-state index in [0.717, 1.165) is 23.6 Å². The van der Waals surface area contributed by atoms with Crippen molar-refractivity contribution >= 4 is 17.3 Å². The monoisotopic (exact) mass is 291 g/mol. The molecule has 1 heterocycles. The van der Waals surface area contributed by atoms with Gasteiger partial charge < -0.3 is 15.2 Å². The number of methoxy groups -OCH3 is 1. The van der Waals surface area contributed by atoms with Crippen LogP contribution >= 0.6 is 11.3 Å². The number of benzene rings is 1. The molecule has 0 unspecified atom stereocenters. The molecule has 0 aliphatic rings. The van der Waals surface area contributed by atoms with Crippen LogP contribution < -0.4 is 10.1 Å². The Morgan fingerprint density at radius 2 is 2.25 bits per heavy atom. The number of thiophene rings is 1. The van der Waals surface area contributed by atoms with Crippen LogP contribution in [0.5, 0.6) is 5.75 Å². The van der Waals surface area contributed by atoms with E-state index in [-0.39, 0.29) is 0 Å². The molecule has 0 aliphatic heterocycles. The third kappa shape index (κ3) is 4.08. The Labute approximate surface area is 122 Å². The molecule has 1 aromatic heterocycles. The summed E-state index contributed by atoms with van der Waals surface area (Å²) in [5.74, 6) is -0.00395. The summed E-state index contributed by atoms with van der Waals surface area (Å²) in [5, 5.41) is 13.8. The van der Waals surface area contributed by atoms with E-state index >= 15 is 0 Å². The minimum absolute atomic E-state index is 0.361. The lowest BCUT2D eigenvalue weighted by molar-refractivity contribution is 0.0697. The zero-order valence-electron chi connectivity index (χ0n) is 11.3. The van der Waals surface area contributed by atoms with Gasteiger partial charge in [0.15, 0.2) is 0 Å². The van der Waals surface area contributed by atoms with E-state index in [9.17, 15) is 4.79 Å². The van der Waals surface area contributed by atoms with Crippen molar-refractivity contribution in [3.63, 3.8) is 0 Å². The van der Waals surface area contributed by atoms with Crippen LogP contribution in [0.3, 0.4) is 0 Å². The topological polar surface area (TPSA) is 58.6 Å². The maximum atomic E-state index is 10.8. The molecule has 106 valence electrons. The molecule has 0 saturated carbocycles. The Kier molecular flexibility index (Phi) is 5.15. The molecule has 20 heavy (non-hydrogen) atoms. The molecule has 2 aromatic rings. The highest BCUT2D eigenvalue weighted by Crippen LogP contribution is 2.15. The molecule has 5 heteroatoms. The fraction of sp³-hybridized carbons (Fsp3) is 0.267. The van der Waals surface area contributed by atoms with Crippen molar-refractivity contribution in [2.24, 2.45) is 0 Å². The first-order valence-corrected chi connectivity index (χ1v) is 7.21. The van der Waals surface area contributed by atoms with Crippen LogP contribution in [0.2, 0.25) is 0 Å². The van der Waals surface area contributed by atoms with Crippen LogP contribution in [0.1, 0.15) is 20.8 Å². The Balaban J connectivity index is 1.76. The van der Waals surface area contributed by atoms with Crippen molar-refractivity contribution in [1.82, 2.24) is 5.32 Å². The first kappa shape index (κ1) is 14.6. The summed E-state index contributed by atoms with van der Waals surface area (Å²) in [6, 6.07) is 9.71. The summed E-state index contributed by atoms with van der Waals surface area (Å²) >= 11 is 1.47. The predicted molar refractivity (Wildman–Crippen MR) is 79.7 cm³/mol. The molecular formula is C15H17NO3S.